The highest BCUT2D eigenvalue weighted by molar-refractivity contribution is 9.10. The summed E-state index contributed by atoms with van der Waals surface area (Å²) in [6.07, 6.45) is 3.01. The number of anilines is 3. The standard InChI is InChI=1S/C31H30BrN3O4/c1-20(9-2-7-16-29(37)34-27-14-6-5-13-25(27)33)30(24-19-22(32)17-18-28(24)36)39-31(38)35-26-15-8-11-21-10-3-4-12-23(21)26/h3-8,10-20,30,36H,2,9,33H2,1H3,(H,34,37)(H,35,38)/b16-7+/t20-,30-/m0/s1. The van der Waals surface area contributed by atoms with Gasteiger partial charge in [0.05, 0.1) is 17.1 Å². The fraction of sp³-hybridized carbons (Fsp3) is 0.161. The largest absolute Gasteiger partial charge is 0.508 e. The van der Waals surface area contributed by atoms with Crippen molar-refractivity contribution in [2.24, 2.45) is 5.92 Å². The molecule has 39 heavy (non-hydrogen) atoms. The van der Waals surface area contributed by atoms with Crippen LogP contribution in [0.1, 0.15) is 31.4 Å². The minimum atomic E-state index is -0.733. The third kappa shape index (κ3) is 7.39. The SMILES string of the molecule is C[C@@H](CC/C=C/C(=O)Nc1ccccc1N)[C@H](OC(=O)Nc1cccc2ccccc12)c1cc(Br)ccc1O. The first-order valence-corrected chi connectivity index (χ1v) is 13.4. The van der Waals surface area contributed by atoms with Crippen LogP contribution >= 0.6 is 15.9 Å². The summed E-state index contributed by atoms with van der Waals surface area (Å²) in [7, 11) is 0. The fourth-order valence-electron chi connectivity index (χ4n) is 4.31. The molecule has 0 bridgehead atoms. The smallest absolute Gasteiger partial charge is 0.412 e. The zero-order valence-electron chi connectivity index (χ0n) is 21.4. The van der Waals surface area contributed by atoms with E-state index in [1.165, 1.54) is 6.08 Å². The van der Waals surface area contributed by atoms with Crippen LogP contribution in [0.15, 0.2) is 102 Å². The lowest BCUT2D eigenvalue weighted by Gasteiger charge is -2.25. The number of nitrogen functional groups attached to an aromatic ring is 1. The number of nitrogens with one attached hydrogen (secondary N) is 2. The number of para-hydroxylation sites is 2. The number of aromatic hydroxyl groups is 1. The maximum Gasteiger partial charge on any atom is 0.412 e. The van der Waals surface area contributed by atoms with Crippen LogP contribution in [0.25, 0.3) is 10.8 Å². The van der Waals surface area contributed by atoms with Crippen LogP contribution in [0.2, 0.25) is 0 Å². The van der Waals surface area contributed by atoms with Gasteiger partial charge >= 0.3 is 6.09 Å². The second-order valence-electron chi connectivity index (χ2n) is 9.21. The number of amides is 2. The van der Waals surface area contributed by atoms with Crippen LogP contribution < -0.4 is 16.4 Å². The number of nitrogens with two attached hydrogens (primary N) is 1. The van der Waals surface area contributed by atoms with Crippen molar-refractivity contribution < 1.29 is 19.4 Å². The van der Waals surface area contributed by atoms with Gasteiger partial charge in [0.2, 0.25) is 5.91 Å². The molecular formula is C31H30BrN3O4. The molecule has 4 rings (SSSR count). The van der Waals surface area contributed by atoms with Crippen molar-refractivity contribution in [3.63, 3.8) is 0 Å². The third-order valence-corrected chi connectivity index (χ3v) is 6.84. The van der Waals surface area contributed by atoms with Gasteiger partial charge in [-0.3, -0.25) is 10.1 Å². The monoisotopic (exact) mass is 587 g/mol. The van der Waals surface area contributed by atoms with Crippen LogP contribution in [0, 0.1) is 5.92 Å². The van der Waals surface area contributed by atoms with Gasteiger partial charge in [0.1, 0.15) is 11.9 Å². The maximum atomic E-state index is 13.1. The highest BCUT2D eigenvalue weighted by Crippen LogP contribution is 2.37. The van der Waals surface area contributed by atoms with Gasteiger partial charge in [0.15, 0.2) is 0 Å². The molecule has 0 heterocycles. The second kappa shape index (κ2) is 13.0. The van der Waals surface area contributed by atoms with Crippen LogP contribution in [0.5, 0.6) is 5.75 Å². The molecule has 0 spiro atoms. The van der Waals surface area contributed by atoms with Gasteiger partial charge in [-0.25, -0.2) is 4.79 Å². The molecule has 200 valence electrons. The molecule has 0 aliphatic rings. The quantitative estimate of drug-likeness (QED) is 0.118. The van der Waals surface area contributed by atoms with Gasteiger partial charge < -0.3 is 20.9 Å². The van der Waals surface area contributed by atoms with Crippen molar-refractivity contribution >= 4 is 55.8 Å². The summed E-state index contributed by atoms with van der Waals surface area (Å²) >= 11 is 3.44. The second-order valence-corrected chi connectivity index (χ2v) is 10.1. The normalized spacial score (nSPS) is 12.7. The first-order chi connectivity index (χ1) is 18.8. The van der Waals surface area contributed by atoms with Gasteiger partial charge in [-0.1, -0.05) is 77.5 Å². The average molecular weight is 589 g/mol. The molecule has 2 amide bonds. The first kappa shape index (κ1) is 27.7. The van der Waals surface area contributed by atoms with E-state index in [0.29, 0.717) is 35.5 Å². The van der Waals surface area contributed by atoms with E-state index in [1.807, 2.05) is 49.4 Å². The number of hydrogen-bond donors (Lipinski definition) is 4. The van der Waals surface area contributed by atoms with E-state index in [-0.39, 0.29) is 17.6 Å². The summed E-state index contributed by atoms with van der Waals surface area (Å²) in [6.45, 7) is 1.94. The van der Waals surface area contributed by atoms with E-state index in [1.54, 1.807) is 48.5 Å². The fourth-order valence-corrected chi connectivity index (χ4v) is 4.69. The predicted molar refractivity (Wildman–Crippen MR) is 160 cm³/mol. The minimum Gasteiger partial charge on any atom is -0.508 e. The number of ether oxygens (including phenoxy) is 1. The van der Waals surface area contributed by atoms with Gasteiger partial charge in [-0.15, -0.1) is 0 Å². The Kier molecular flexibility index (Phi) is 9.22. The summed E-state index contributed by atoms with van der Waals surface area (Å²) in [5.74, 6) is -0.434. The first-order valence-electron chi connectivity index (χ1n) is 12.6. The van der Waals surface area contributed by atoms with E-state index in [0.717, 1.165) is 15.2 Å². The van der Waals surface area contributed by atoms with Crippen LogP contribution in [-0.2, 0) is 9.53 Å². The average Bonchev–Trinajstić information content (AvgIpc) is 2.92. The molecule has 0 radical (unpaired) electrons. The highest BCUT2D eigenvalue weighted by Gasteiger charge is 2.26. The Bertz CT molecular complexity index is 1500. The Morgan fingerprint density at radius 3 is 2.51 bits per heavy atom. The van der Waals surface area contributed by atoms with Gasteiger partial charge in [-0.2, -0.15) is 0 Å². The lowest BCUT2D eigenvalue weighted by molar-refractivity contribution is -0.111. The maximum absolute atomic E-state index is 13.1. The Morgan fingerprint density at radius 1 is 0.974 bits per heavy atom. The number of carbonyl (C=O) groups is 2. The van der Waals surface area contributed by atoms with E-state index >= 15 is 0 Å². The van der Waals surface area contributed by atoms with Crippen LogP contribution in [0.3, 0.4) is 0 Å². The Hall–Kier alpha value is -4.30. The molecule has 8 heteroatoms. The van der Waals surface area contributed by atoms with E-state index in [9.17, 15) is 14.7 Å². The minimum absolute atomic E-state index is 0.0309. The van der Waals surface area contributed by atoms with Gasteiger partial charge in [0, 0.05) is 15.4 Å². The summed E-state index contributed by atoms with van der Waals surface area (Å²) in [5, 5.41) is 18.1. The molecule has 0 aliphatic carbocycles. The Morgan fingerprint density at radius 2 is 1.69 bits per heavy atom. The molecule has 0 saturated carbocycles. The summed E-state index contributed by atoms with van der Waals surface area (Å²) in [6, 6.07) is 25.5. The molecule has 0 aliphatic heterocycles. The molecule has 5 N–H and O–H groups in total. The van der Waals surface area contributed by atoms with Crippen LogP contribution in [-0.4, -0.2) is 17.1 Å². The number of halogens is 1. The molecule has 7 nitrogen and oxygen atoms in total. The summed E-state index contributed by atoms with van der Waals surface area (Å²) < 4.78 is 6.66. The van der Waals surface area contributed by atoms with E-state index in [4.69, 9.17) is 10.5 Å². The van der Waals surface area contributed by atoms with E-state index in [2.05, 4.69) is 26.6 Å². The molecule has 4 aromatic rings. The van der Waals surface area contributed by atoms with Crippen molar-refractivity contribution in [2.75, 3.05) is 16.4 Å². The topological polar surface area (TPSA) is 114 Å². The zero-order chi connectivity index (χ0) is 27.8. The lowest BCUT2D eigenvalue weighted by Crippen LogP contribution is -2.22. The molecule has 2 atom stereocenters. The highest BCUT2D eigenvalue weighted by atomic mass is 79.9. The van der Waals surface area contributed by atoms with Crippen molar-refractivity contribution in [3.05, 3.63) is 107 Å². The zero-order valence-corrected chi connectivity index (χ0v) is 23.0. The third-order valence-electron chi connectivity index (χ3n) is 6.35. The van der Waals surface area contributed by atoms with Gasteiger partial charge in [0.25, 0.3) is 0 Å². The predicted octanol–water partition coefficient (Wildman–Crippen LogP) is 7.79. The number of phenolic OH excluding ortho intramolecular Hbond substituents is 1. The number of rotatable bonds is 9. The molecule has 0 aromatic heterocycles. The Balaban J connectivity index is 1.44. The van der Waals surface area contributed by atoms with Gasteiger partial charge in [-0.05, 0) is 66.6 Å². The summed E-state index contributed by atoms with van der Waals surface area (Å²) in [4.78, 5) is 25.3. The van der Waals surface area contributed by atoms with Crippen LogP contribution in [0.4, 0.5) is 21.9 Å². The molecule has 0 saturated heterocycles. The number of phenols is 1. The van der Waals surface area contributed by atoms with Crippen molar-refractivity contribution in [1.82, 2.24) is 0 Å². The molecular weight excluding hydrogens is 558 g/mol. The van der Waals surface area contributed by atoms with Crippen molar-refractivity contribution in [3.8, 4) is 5.75 Å². The molecule has 0 unspecified atom stereocenters. The lowest BCUT2D eigenvalue weighted by atomic mass is 9.92. The summed E-state index contributed by atoms with van der Waals surface area (Å²) in [5.41, 5.74) is 8.05. The number of hydrogen-bond acceptors (Lipinski definition) is 5. The molecule has 4 aromatic carbocycles. The number of fused-ring (bicyclic) bond motifs is 1. The van der Waals surface area contributed by atoms with Crippen molar-refractivity contribution in [2.45, 2.75) is 25.9 Å². The number of carbonyl (C=O) groups excluding carboxylic acids is 2. The number of allylic oxidation sites excluding steroid dienone is 1. The number of benzene rings is 4. The van der Waals surface area contributed by atoms with E-state index < -0.39 is 12.2 Å². The Labute approximate surface area is 235 Å². The van der Waals surface area contributed by atoms with Crippen molar-refractivity contribution in [1.29, 1.82) is 0 Å². The molecule has 0 fully saturated rings.